The molecule has 1 heterocycles. The van der Waals surface area contributed by atoms with Crippen LogP contribution in [0.2, 0.25) is 0 Å². The van der Waals surface area contributed by atoms with Gasteiger partial charge < -0.3 is 0 Å². The van der Waals surface area contributed by atoms with E-state index in [0.717, 1.165) is 5.92 Å². The molecule has 0 saturated heterocycles. The van der Waals surface area contributed by atoms with Crippen LogP contribution in [0.3, 0.4) is 0 Å². The topological polar surface area (TPSA) is 12.9 Å². The Morgan fingerprint density at radius 1 is 0.879 bits per heavy atom. The summed E-state index contributed by atoms with van der Waals surface area (Å²) in [7, 11) is 0. The molecule has 0 atom stereocenters. The van der Waals surface area contributed by atoms with Crippen molar-refractivity contribution < 1.29 is 13.2 Å². The first-order chi connectivity index (χ1) is 16.0. The lowest BCUT2D eigenvalue weighted by Gasteiger charge is -2.28. The smallest absolute Gasteiger partial charge is 0.131 e. The molecule has 0 N–H and O–H groups in total. The van der Waals surface area contributed by atoms with Crippen molar-refractivity contribution in [2.24, 2.45) is 5.92 Å². The molecule has 1 aromatic heterocycles. The van der Waals surface area contributed by atoms with Gasteiger partial charge in [-0.25, -0.2) is 13.2 Å². The number of allylic oxidation sites excluding steroid dienone is 2. The highest BCUT2D eigenvalue weighted by molar-refractivity contribution is 5.70. The molecule has 3 aromatic rings. The Kier molecular flexibility index (Phi) is 7.32. The number of pyridine rings is 1. The van der Waals surface area contributed by atoms with Gasteiger partial charge in [-0.3, -0.25) is 4.98 Å². The zero-order chi connectivity index (χ0) is 23.4. The van der Waals surface area contributed by atoms with Gasteiger partial charge in [0.15, 0.2) is 0 Å². The largest absolute Gasteiger partial charge is 0.256 e. The van der Waals surface area contributed by atoms with Crippen LogP contribution in [0.15, 0.2) is 60.8 Å². The minimum Gasteiger partial charge on any atom is -0.256 e. The van der Waals surface area contributed by atoms with Crippen molar-refractivity contribution in [3.63, 3.8) is 0 Å². The number of rotatable bonds is 6. The molecule has 0 aliphatic heterocycles. The number of aromatic nitrogens is 1. The first-order valence-corrected chi connectivity index (χ1v) is 11.8. The van der Waals surface area contributed by atoms with Gasteiger partial charge in [-0.2, -0.15) is 0 Å². The maximum absolute atomic E-state index is 14.8. The van der Waals surface area contributed by atoms with Crippen LogP contribution in [0.25, 0.3) is 22.4 Å². The molecule has 1 fully saturated rings. The molecule has 0 unspecified atom stereocenters. The van der Waals surface area contributed by atoms with Gasteiger partial charge in [0.1, 0.15) is 17.5 Å². The molecular formula is C29H30F3N. The van der Waals surface area contributed by atoms with E-state index in [2.05, 4.69) is 30.1 Å². The van der Waals surface area contributed by atoms with Crippen molar-refractivity contribution in [1.29, 1.82) is 0 Å². The maximum atomic E-state index is 14.8. The molecule has 1 nitrogen and oxygen atoms in total. The fraction of sp³-hybridized carbons (Fsp3) is 0.345. The van der Waals surface area contributed by atoms with Gasteiger partial charge in [0.05, 0.1) is 5.69 Å². The van der Waals surface area contributed by atoms with Crippen LogP contribution in [-0.2, 0) is 0 Å². The van der Waals surface area contributed by atoms with Crippen LogP contribution in [-0.4, -0.2) is 4.98 Å². The van der Waals surface area contributed by atoms with Crippen molar-refractivity contribution in [3.05, 3.63) is 89.4 Å². The number of hydrogen-bond donors (Lipinski definition) is 0. The standard InChI is InChI=1S/C29H30F3N/c1-3-4-5-6-20-7-9-21(10-8-20)23-12-14-29(33-18-23)22-11-13-25(28(32)15-22)24-16-26(30)19(2)27(31)17-24/h3-4,11-18,20-21H,5-10H2,1-2H3/b4-3+. The second kappa shape index (κ2) is 10.4. The number of benzene rings is 2. The summed E-state index contributed by atoms with van der Waals surface area (Å²) in [4.78, 5) is 4.59. The fourth-order valence-corrected chi connectivity index (χ4v) is 4.81. The van der Waals surface area contributed by atoms with Crippen molar-refractivity contribution in [1.82, 2.24) is 4.98 Å². The van der Waals surface area contributed by atoms with E-state index in [4.69, 9.17) is 0 Å². The fourth-order valence-electron chi connectivity index (χ4n) is 4.81. The molecule has 0 spiro atoms. The minimum absolute atomic E-state index is 0.0674. The molecule has 172 valence electrons. The average molecular weight is 450 g/mol. The van der Waals surface area contributed by atoms with Crippen LogP contribution in [0.1, 0.15) is 62.5 Å². The molecule has 2 aromatic carbocycles. The van der Waals surface area contributed by atoms with Gasteiger partial charge in [0.25, 0.3) is 0 Å². The molecule has 0 bridgehead atoms. The zero-order valence-corrected chi connectivity index (χ0v) is 19.3. The Morgan fingerprint density at radius 3 is 2.18 bits per heavy atom. The zero-order valence-electron chi connectivity index (χ0n) is 19.3. The van der Waals surface area contributed by atoms with Gasteiger partial charge in [-0.1, -0.05) is 30.4 Å². The van der Waals surface area contributed by atoms with Crippen molar-refractivity contribution in [2.45, 2.75) is 58.3 Å². The van der Waals surface area contributed by atoms with E-state index in [1.165, 1.54) is 69.2 Å². The number of hydrogen-bond acceptors (Lipinski definition) is 1. The van der Waals surface area contributed by atoms with Crippen LogP contribution in [0, 0.1) is 30.3 Å². The highest BCUT2D eigenvalue weighted by atomic mass is 19.1. The van der Waals surface area contributed by atoms with Crippen molar-refractivity contribution >= 4 is 0 Å². The molecule has 4 rings (SSSR count). The van der Waals surface area contributed by atoms with Crippen LogP contribution < -0.4 is 0 Å². The Balaban J connectivity index is 1.45. The predicted molar refractivity (Wildman–Crippen MR) is 128 cm³/mol. The van der Waals surface area contributed by atoms with Gasteiger partial charge in [0.2, 0.25) is 0 Å². The Hall–Kier alpha value is -2.88. The summed E-state index contributed by atoms with van der Waals surface area (Å²) in [5.74, 6) is -0.538. The quantitative estimate of drug-likeness (QED) is 0.343. The highest BCUT2D eigenvalue weighted by Gasteiger charge is 2.22. The lowest BCUT2D eigenvalue weighted by atomic mass is 9.77. The van der Waals surface area contributed by atoms with E-state index in [1.807, 2.05) is 12.3 Å². The third-order valence-corrected chi connectivity index (χ3v) is 6.94. The molecule has 1 aliphatic rings. The molecule has 0 radical (unpaired) electrons. The summed E-state index contributed by atoms with van der Waals surface area (Å²) in [6.07, 6.45) is 13.6. The maximum Gasteiger partial charge on any atom is 0.131 e. The van der Waals surface area contributed by atoms with E-state index < -0.39 is 17.5 Å². The summed E-state index contributed by atoms with van der Waals surface area (Å²) in [5.41, 5.74) is 2.85. The summed E-state index contributed by atoms with van der Waals surface area (Å²) >= 11 is 0. The summed E-state index contributed by atoms with van der Waals surface area (Å²) < 4.78 is 42.6. The summed E-state index contributed by atoms with van der Waals surface area (Å²) in [5, 5.41) is 0. The van der Waals surface area contributed by atoms with Gasteiger partial charge in [-0.15, -0.1) is 0 Å². The van der Waals surface area contributed by atoms with E-state index in [1.54, 1.807) is 12.1 Å². The average Bonchev–Trinajstić information content (AvgIpc) is 2.83. The van der Waals surface area contributed by atoms with E-state index in [9.17, 15) is 13.2 Å². The molecular weight excluding hydrogens is 419 g/mol. The van der Waals surface area contributed by atoms with Crippen LogP contribution in [0.5, 0.6) is 0 Å². The summed E-state index contributed by atoms with van der Waals surface area (Å²) in [6, 6.07) is 11.0. The van der Waals surface area contributed by atoms with E-state index in [-0.39, 0.29) is 16.7 Å². The molecule has 4 heteroatoms. The Labute approximate surface area is 194 Å². The number of halogens is 3. The third-order valence-electron chi connectivity index (χ3n) is 6.94. The molecule has 1 aliphatic carbocycles. The highest BCUT2D eigenvalue weighted by Crippen LogP contribution is 2.38. The monoisotopic (exact) mass is 449 g/mol. The third kappa shape index (κ3) is 5.38. The van der Waals surface area contributed by atoms with Gasteiger partial charge >= 0.3 is 0 Å². The van der Waals surface area contributed by atoms with Gasteiger partial charge in [0, 0.05) is 22.9 Å². The number of nitrogens with zero attached hydrogens (tertiary/aromatic N) is 1. The van der Waals surface area contributed by atoms with E-state index >= 15 is 0 Å². The second-order valence-corrected chi connectivity index (χ2v) is 9.10. The molecule has 0 amide bonds. The molecule has 1 saturated carbocycles. The van der Waals surface area contributed by atoms with Crippen LogP contribution >= 0.6 is 0 Å². The van der Waals surface area contributed by atoms with Crippen molar-refractivity contribution in [2.75, 3.05) is 0 Å². The molecule has 33 heavy (non-hydrogen) atoms. The summed E-state index contributed by atoms with van der Waals surface area (Å²) in [6.45, 7) is 3.43. The first kappa shape index (κ1) is 23.3. The Morgan fingerprint density at radius 2 is 1.58 bits per heavy atom. The first-order valence-electron chi connectivity index (χ1n) is 11.8. The normalized spacial score (nSPS) is 18.7. The van der Waals surface area contributed by atoms with Gasteiger partial charge in [-0.05, 0) is 99.6 Å². The van der Waals surface area contributed by atoms with Crippen molar-refractivity contribution in [3.8, 4) is 22.4 Å². The predicted octanol–water partition coefficient (Wildman–Crippen LogP) is 8.77. The lowest BCUT2D eigenvalue weighted by Crippen LogP contribution is -2.13. The van der Waals surface area contributed by atoms with E-state index in [0.29, 0.717) is 17.2 Å². The second-order valence-electron chi connectivity index (χ2n) is 9.10. The minimum atomic E-state index is -0.683. The lowest BCUT2D eigenvalue weighted by molar-refractivity contribution is 0.311. The Bertz CT molecular complexity index is 1100. The SMILES string of the molecule is C/C=C/CCC1CCC(c2ccc(-c3ccc(-c4cc(F)c(C)c(F)c4)c(F)c3)nc2)CC1. The van der Waals surface area contributed by atoms with Crippen LogP contribution in [0.4, 0.5) is 13.2 Å².